The SMILES string of the molecule is COc1cc(/C=C2\CCC/C(=C\c3cc(OC)c4c(c3)OCO4)C2=O)cc2c1OCO2. The predicted octanol–water partition coefficient (Wildman–Crippen LogP) is 4.38. The van der Waals surface area contributed by atoms with E-state index in [-0.39, 0.29) is 19.4 Å². The van der Waals surface area contributed by atoms with Gasteiger partial charge in [0.1, 0.15) is 0 Å². The van der Waals surface area contributed by atoms with Crippen LogP contribution in [-0.2, 0) is 4.79 Å². The highest BCUT2D eigenvalue weighted by Gasteiger charge is 2.24. The summed E-state index contributed by atoms with van der Waals surface area (Å²) in [5.74, 6) is 3.66. The molecule has 31 heavy (non-hydrogen) atoms. The number of ether oxygens (including phenoxy) is 6. The lowest BCUT2D eigenvalue weighted by Crippen LogP contribution is -2.12. The maximum absolute atomic E-state index is 13.2. The van der Waals surface area contributed by atoms with Gasteiger partial charge in [-0.3, -0.25) is 4.79 Å². The molecule has 1 fully saturated rings. The molecule has 0 N–H and O–H groups in total. The molecule has 0 radical (unpaired) electrons. The Hall–Kier alpha value is -3.61. The molecule has 7 nitrogen and oxygen atoms in total. The Balaban J connectivity index is 1.46. The van der Waals surface area contributed by atoms with Crippen molar-refractivity contribution in [2.45, 2.75) is 19.3 Å². The molecule has 1 saturated carbocycles. The van der Waals surface area contributed by atoms with Gasteiger partial charge < -0.3 is 28.4 Å². The highest BCUT2D eigenvalue weighted by molar-refractivity contribution is 6.14. The summed E-state index contributed by atoms with van der Waals surface area (Å²) in [7, 11) is 3.17. The summed E-state index contributed by atoms with van der Waals surface area (Å²) in [6.07, 6.45) is 6.14. The van der Waals surface area contributed by atoms with Crippen LogP contribution in [0.5, 0.6) is 34.5 Å². The number of fused-ring (bicyclic) bond motifs is 2. The number of allylic oxidation sites excluding steroid dienone is 2. The van der Waals surface area contributed by atoms with Crippen LogP contribution in [0.3, 0.4) is 0 Å². The van der Waals surface area contributed by atoms with E-state index in [2.05, 4.69) is 0 Å². The highest BCUT2D eigenvalue weighted by Crippen LogP contribution is 2.44. The van der Waals surface area contributed by atoms with Crippen molar-refractivity contribution >= 4 is 17.9 Å². The Morgan fingerprint density at radius 2 is 1.23 bits per heavy atom. The molecule has 0 saturated heterocycles. The zero-order chi connectivity index (χ0) is 21.4. The van der Waals surface area contributed by atoms with Crippen molar-refractivity contribution in [2.75, 3.05) is 27.8 Å². The van der Waals surface area contributed by atoms with E-state index >= 15 is 0 Å². The molecule has 0 unspecified atom stereocenters. The second-order valence-corrected chi connectivity index (χ2v) is 7.44. The number of Topliss-reactive ketones (excluding diaryl/α,β-unsaturated/α-hetero) is 1. The number of benzene rings is 2. The third-order valence-corrected chi connectivity index (χ3v) is 5.52. The number of carbonyl (C=O) groups excluding carboxylic acids is 1. The molecule has 160 valence electrons. The fraction of sp³-hybridized carbons (Fsp3) is 0.292. The lowest BCUT2D eigenvalue weighted by atomic mass is 9.86. The van der Waals surface area contributed by atoms with E-state index in [4.69, 9.17) is 28.4 Å². The first-order chi connectivity index (χ1) is 15.2. The van der Waals surface area contributed by atoms with Gasteiger partial charge in [0.25, 0.3) is 0 Å². The smallest absolute Gasteiger partial charge is 0.231 e. The van der Waals surface area contributed by atoms with Gasteiger partial charge in [-0.25, -0.2) is 0 Å². The summed E-state index contributed by atoms with van der Waals surface area (Å²) in [6.45, 7) is 0.326. The molecule has 2 heterocycles. The average molecular weight is 422 g/mol. The largest absolute Gasteiger partial charge is 0.493 e. The third kappa shape index (κ3) is 3.56. The maximum atomic E-state index is 13.2. The van der Waals surface area contributed by atoms with E-state index in [0.717, 1.165) is 41.5 Å². The van der Waals surface area contributed by atoms with Gasteiger partial charge in [0, 0.05) is 11.1 Å². The lowest BCUT2D eigenvalue weighted by molar-refractivity contribution is -0.112. The Morgan fingerprint density at radius 3 is 1.68 bits per heavy atom. The summed E-state index contributed by atoms with van der Waals surface area (Å²) < 4.78 is 32.7. The normalized spacial score (nSPS) is 19.2. The average Bonchev–Trinajstić information content (AvgIpc) is 3.44. The van der Waals surface area contributed by atoms with Gasteiger partial charge in [0.15, 0.2) is 28.8 Å². The lowest BCUT2D eigenvalue weighted by Gasteiger charge is -2.17. The minimum atomic E-state index is 0.0412. The zero-order valence-electron chi connectivity index (χ0n) is 17.4. The molecular formula is C24H22O7. The van der Waals surface area contributed by atoms with E-state index in [0.29, 0.717) is 34.5 Å². The van der Waals surface area contributed by atoms with Crippen molar-refractivity contribution in [2.24, 2.45) is 0 Å². The van der Waals surface area contributed by atoms with Crippen molar-refractivity contribution in [3.8, 4) is 34.5 Å². The first kappa shape index (κ1) is 19.4. The van der Waals surface area contributed by atoms with Crippen LogP contribution in [0.25, 0.3) is 12.2 Å². The van der Waals surface area contributed by atoms with Crippen LogP contribution >= 0.6 is 0 Å². The predicted molar refractivity (Wildman–Crippen MR) is 113 cm³/mol. The van der Waals surface area contributed by atoms with E-state index in [9.17, 15) is 4.79 Å². The Kier molecular flexibility index (Phi) is 4.94. The van der Waals surface area contributed by atoms with Crippen molar-refractivity contribution in [3.63, 3.8) is 0 Å². The van der Waals surface area contributed by atoms with Gasteiger partial charge in [0.2, 0.25) is 25.1 Å². The van der Waals surface area contributed by atoms with Gasteiger partial charge in [-0.05, 0) is 66.8 Å². The van der Waals surface area contributed by atoms with E-state index in [1.165, 1.54) is 0 Å². The molecule has 0 amide bonds. The zero-order valence-corrected chi connectivity index (χ0v) is 17.4. The topological polar surface area (TPSA) is 72.5 Å². The Labute approximate surface area is 179 Å². The molecule has 1 aliphatic carbocycles. The Morgan fingerprint density at radius 1 is 0.742 bits per heavy atom. The second-order valence-electron chi connectivity index (χ2n) is 7.44. The number of hydrogen-bond acceptors (Lipinski definition) is 7. The molecule has 2 aromatic rings. The van der Waals surface area contributed by atoms with Gasteiger partial charge in [-0.15, -0.1) is 0 Å². The summed E-state index contributed by atoms with van der Waals surface area (Å²) >= 11 is 0. The van der Waals surface area contributed by atoms with Crippen molar-refractivity contribution < 1.29 is 33.2 Å². The minimum absolute atomic E-state index is 0.0412. The van der Waals surface area contributed by atoms with Crippen LogP contribution in [0.4, 0.5) is 0 Å². The van der Waals surface area contributed by atoms with Crippen LogP contribution in [0.2, 0.25) is 0 Å². The molecule has 2 aliphatic heterocycles. The summed E-state index contributed by atoms with van der Waals surface area (Å²) in [5, 5.41) is 0. The number of rotatable bonds is 4. The van der Waals surface area contributed by atoms with Crippen LogP contribution in [0.15, 0.2) is 35.4 Å². The van der Waals surface area contributed by atoms with Crippen LogP contribution in [-0.4, -0.2) is 33.6 Å². The van der Waals surface area contributed by atoms with E-state index in [1.807, 2.05) is 36.4 Å². The Bertz CT molecular complexity index is 1030. The van der Waals surface area contributed by atoms with Crippen molar-refractivity contribution in [3.05, 3.63) is 46.5 Å². The summed E-state index contributed by atoms with van der Waals surface area (Å²) in [6, 6.07) is 7.45. The van der Waals surface area contributed by atoms with Crippen LogP contribution in [0, 0.1) is 0 Å². The third-order valence-electron chi connectivity index (χ3n) is 5.52. The highest BCUT2D eigenvalue weighted by atomic mass is 16.7. The molecule has 0 atom stereocenters. The number of carbonyl (C=O) groups is 1. The monoisotopic (exact) mass is 422 g/mol. The van der Waals surface area contributed by atoms with Gasteiger partial charge in [-0.1, -0.05) is 0 Å². The molecular weight excluding hydrogens is 400 g/mol. The minimum Gasteiger partial charge on any atom is -0.493 e. The summed E-state index contributed by atoms with van der Waals surface area (Å²) in [4.78, 5) is 13.2. The molecule has 2 aromatic carbocycles. The van der Waals surface area contributed by atoms with Crippen LogP contribution in [0.1, 0.15) is 30.4 Å². The van der Waals surface area contributed by atoms with E-state index in [1.54, 1.807) is 14.2 Å². The maximum Gasteiger partial charge on any atom is 0.231 e. The van der Waals surface area contributed by atoms with E-state index < -0.39 is 0 Å². The quantitative estimate of drug-likeness (QED) is 0.677. The van der Waals surface area contributed by atoms with Gasteiger partial charge in [0.05, 0.1) is 14.2 Å². The molecule has 0 bridgehead atoms. The first-order valence-corrected chi connectivity index (χ1v) is 10.1. The van der Waals surface area contributed by atoms with Gasteiger partial charge in [-0.2, -0.15) is 0 Å². The fourth-order valence-electron chi connectivity index (χ4n) is 4.05. The first-order valence-electron chi connectivity index (χ1n) is 10.1. The summed E-state index contributed by atoms with van der Waals surface area (Å²) in [5.41, 5.74) is 3.20. The number of hydrogen-bond donors (Lipinski definition) is 0. The fourth-order valence-corrected chi connectivity index (χ4v) is 4.05. The molecule has 7 heteroatoms. The van der Waals surface area contributed by atoms with Crippen LogP contribution < -0.4 is 28.4 Å². The molecule has 3 aliphatic rings. The molecule has 5 rings (SSSR count). The second kappa shape index (κ2) is 7.91. The van der Waals surface area contributed by atoms with Gasteiger partial charge >= 0.3 is 0 Å². The van der Waals surface area contributed by atoms with Crippen molar-refractivity contribution in [1.82, 2.24) is 0 Å². The molecule has 0 spiro atoms. The number of ketones is 1. The molecule has 0 aromatic heterocycles. The standard InChI is InChI=1S/C24H22O7/c1-26-18-8-14(10-20-23(18)30-12-28-20)6-16-4-3-5-17(22(16)25)7-15-9-19(27-2)24-21(11-15)29-13-31-24/h6-11H,3-5,12-13H2,1-2H3/b16-6+,17-7+. The van der Waals surface area contributed by atoms with Crippen molar-refractivity contribution in [1.29, 1.82) is 0 Å². The number of methoxy groups -OCH3 is 2.